The van der Waals surface area contributed by atoms with E-state index in [-0.39, 0.29) is 6.03 Å². The van der Waals surface area contributed by atoms with E-state index >= 15 is 0 Å². The molecule has 0 atom stereocenters. The second-order valence-corrected chi connectivity index (χ2v) is 7.09. The molecule has 0 unspecified atom stereocenters. The van der Waals surface area contributed by atoms with E-state index in [9.17, 15) is 4.79 Å². The molecule has 0 spiro atoms. The third-order valence-electron chi connectivity index (χ3n) is 5.12. The number of nitrogens with one attached hydrogen (secondary N) is 3. The fourth-order valence-electron chi connectivity index (χ4n) is 3.64. The minimum absolute atomic E-state index is 0.197. The molecule has 1 fully saturated rings. The first-order valence-corrected chi connectivity index (χ1v) is 9.99. The van der Waals surface area contributed by atoms with Gasteiger partial charge in [0.05, 0.1) is 24.6 Å². The molecule has 3 heterocycles. The van der Waals surface area contributed by atoms with Crippen LogP contribution in [0.4, 0.5) is 22.0 Å². The van der Waals surface area contributed by atoms with Gasteiger partial charge in [0.25, 0.3) is 0 Å². The van der Waals surface area contributed by atoms with Gasteiger partial charge in [0.15, 0.2) is 0 Å². The van der Waals surface area contributed by atoms with Crippen molar-refractivity contribution >= 4 is 23.2 Å². The maximum atomic E-state index is 12.4. The number of morpholine rings is 1. The van der Waals surface area contributed by atoms with Crippen LogP contribution in [0.1, 0.15) is 17.7 Å². The Bertz CT molecular complexity index is 820. The molecule has 1 aromatic carbocycles. The monoisotopic (exact) mass is 381 g/mol. The predicted octanol–water partition coefficient (Wildman–Crippen LogP) is 2.64. The van der Waals surface area contributed by atoms with Crippen LogP contribution in [-0.2, 0) is 17.6 Å². The van der Waals surface area contributed by atoms with E-state index < -0.39 is 0 Å². The summed E-state index contributed by atoms with van der Waals surface area (Å²) in [6.45, 7) is 4.60. The Balaban J connectivity index is 1.30. The van der Waals surface area contributed by atoms with Gasteiger partial charge in [0, 0.05) is 38.3 Å². The third-order valence-corrected chi connectivity index (χ3v) is 5.12. The van der Waals surface area contributed by atoms with Gasteiger partial charge < -0.3 is 25.6 Å². The van der Waals surface area contributed by atoms with E-state index in [1.807, 2.05) is 24.3 Å². The zero-order valence-electron chi connectivity index (χ0n) is 16.0. The molecule has 0 bridgehead atoms. The molecule has 2 aliphatic rings. The van der Waals surface area contributed by atoms with Crippen molar-refractivity contribution in [2.45, 2.75) is 19.3 Å². The van der Waals surface area contributed by atoms with Gasteiger partial charge in [-0.3, -0.25) is 0 Å². The molecule has 2 amide bonds. The third kappa shape index (κ3) is 4.54. The SMILES string of the molecule is O=C(NCCc1ccc2c(n1)NCCC2)Nc1ccccc1N1CCOCC1. The van der Waals surface area contributed by atoms with Gasteiger partial charge in [-0.2, -0.15) is 0 Å². The Hall–Kier alpha value is -2.80. The predicted molar refractivity (Wildman–Crippen MR) is 111 cm³/mol. The summed E-state index contributed by atoms with van der Waals surface area (Å²) in [6, 6.07) is 11.9. The number of nitrogens with zero attached hydrogens (tertiary/aromatic N) is 2. The molecule has 2 aromatic rings. The lowest BCUT2D eigenvalue weighted by Gasteiger charge is -2.30. The van der Waals surface area contributed by atoms with Crippen molar-refractivity contribution in [2.24, 2.45) is 0 Å². The average Bonchev–Trinajstić information content (AvgIpc) is 2.75. The lowest BCUT2D eigenvalue weighted by Crippen LogP contribution is -2.37. The first kappa shape index (κ1) is 18.6. The number of pyridine rings is 1. The number of hydrogen-bond acceptors (Lipinski definition) is 5. The highest BCUT2D eigenvalue weighted by molar-refractivity contribution is 5.93. The van der Waals surface area contributed by atoms with Gasteiger partial charge >= 0.3 is 6.03 Å². The number of carbonyl (C=O) groups excluding carboxylic acids is 1. The topological polar surface area (TPSA) is 78.5 Å². The normalized spacial score (nSPS) is 16.1. The van der Waals surface area contributed by atoms with Crippen molar-refractivity contribution in [3.05, 3.63) is 47.7 Å². The highest BCUT2D eigenvalue weighted by Gasteiger charge is 2.16. The molecule has 148 valence electrons. The smallest absolute Gasteiger partial charge is 0.319 e. The molecule has 28 heavy (non-hydrogen) atoms. The molecular weight excluding hydrogens is 354 g/mol. The largest absolute Gasteiger partial charge is 0.378 e. The van der Waals surface area contributed by atoms with Crippen molar-refractivity contribution in [2.75, 3.05) is 54.9 Å². The number of anilines is 3. The maximum Gasteiger partial charge on any atom is 0.319 e. The summed E-state index contributed by atoms with van der Waals surface area (Å²) in [4.78, 5) is 19.3. The summed E-state index contributed by atoms with van der Waals surface area (Å²) < 4.78 is 5.42. The highest BCUT2D eigenvalue weighted by atomic mass is 16.5. The van der Waals surface area contributed by atoms with E-state index in [2.05, 4.69) is 38.0 Å². The van der Waals surface area contributed by atoms with Crippen molar-refractivity contribution in [3.63, 3.8) is 0 Å². The van der Waals surface area contributed by atoms with Crippen LogP contribution >= 0.6 is 0 Å². The molecular formula is C21H27N5O2. The van der Waals surface area contributed by atoms with Crippen LogP contribution in [0.2, 0.25) is 0 Å². The zero-order valence-corrected chi connectivity index (χ0v) is 16.0. The van der Waals surface area contributed by atoms with Gasteiger partial charge in [-0.1, -0.05) is 18.2 Å². The Morgan fingerprint density at radius 3 is 2.93 bits per heavy atom. The second kappa shape index (κ2) is 8.93. The van der Waals surface area contributed by atoms with E-state index in [1.54, 1.807) is 0 Å². The molecule has 1 saturated heterocycles. The lowest BCUT2D eigenvalue weighted by atomic mass is 10.1. The number of para-hydroxylation sites is 2. The van der Waals surface area contributed by atoms with Crippen LogP contribution in [0.3, 0.4) is 0 Å². The summed E-state index contributed by atoms with van der Waals surface area (Å²) in [5.41, 5.74) is 4.11. The van der Waals surface area contributed by atoms with Crippen LogP contribution in [0.25, 0.3) is 0 Å². The number of hydrogen-bond donors (Lipinski definition) is 3. The van der Waals surface area contributed by atoms with E-state index in [1.165, 1.54) is 5.56 Å². The number of aryl methyl sites for hydroxylation is 1. The van der Waals surface area contributed by atoms with Crippen LogP contribution < -0.4 is 20.9 Å². The van der Waals surface area contributed by atoms with Gasteiger partial charge in [0.1, 0.15) is 5.82 Å². The first-order valence-electron chi connectivity index (χ1n) is 9.99. The van der Waals surface area contributed by atoms with Gasteiger partial charge in [0.2, 0.25) is 0 Å². The number of urea groups is 1. The number of fused-ring (bicyclic) bond motifs is 1. The molecule has 7 nitrogen and oxygen atoms in total. The van der Waals surface area contributed by atoms with E-state index in [0.29, 0.717) is 26.2 Å². The Labute approximate surface area is 165 Å². The van der Waals surface area contributed by atoms with Crippen LogP contribution in [0.5, 0.6) is 0 Å². The molecule has 1 aromatic heterocycles. The number of aromatic nitrogens is 1. The van der Waals surface area contributed by atoms with Gasteiger partial charge in [-0.25, -0.2) is 9.78 Å². The molecule has 7 heteroatoms. The van der Waals surface area contributed by atoms with Crippen molar-refractivity contribution in [1.82, 2.24) is 10.3 Å². The number of carbonyl (C=O) groups is 1. The Morgan fingerprint density at radius 1 is 1.18 bits per heavy atom. The zero-order chi connectivity index (χ0) is 19.2. The minimum atomic E-state index is -0.197. The summed E-state index contributed by atoms with van der Waals surface area (Å²) in [5.74, 6) is 0.993. The van der Waals surface area contributed by atoms with Gasteiger partial charge in [-0.15, -0.1) is 0 Å². The summed E-state index contributed by atoms with van der Waals surface area (Å²) in [5, 5.41) is 9.26. The standard InChI is InChI=1S/C21H27N5O2/c27-21(23-11-9-17-8-7-16-4-3-10-22-20(16)24-17)25-18-5-1-2-6-19(18)26-12-14-28-15-13-26/h1-2,5-8H,3-4,9-15H2,(H,22,24)(H2,23,25,27). The molecule has 0 aliphatic carbocycles. The first-order chi connectivity index (χ1) is 13.8. The van der Waals surface area contributed by atoms with E-state index in [4.69, 9.17) is 4.74 Å². The van der Waals surface area contributed by atoms with Crippen LogP contribution in [-0.4, -0.2) is 50.4 Å². The average molecular weight is 381 g/mol. The summed E-state index contributed by atoms with van der Waals surface area (Å²) in [6.07, 6.45) is 2.94. The molecule has 0 saturated carbocycles. The number of rotatable bonds is 5. The van der Waals surface area contributed by atoms with E-state index in [0.717, 1.165) is 55.4 Å². The summed E-state index contributed by atoms with van der Waals surface area (Å²) >= 11 is 0. The lowest BCUT2D eigenvalue weighted by molar-refractivity contribution is 0.123. The molecule has 0 radical (unpaired) electrons. The van der Waals surface area contributed by atoms with Crippen molar-refractivity contribution in [3.8, 4) is 0 Å². The van der Waals surface area contributed by atoms with Crippen LogP contribution in [0, 0.1) is 0 Å². The van der Waals surface area contributed by atoms with Gasteiger partial charge in [-0.05, 0) is 36.6 Å². The Kier molecular flexibility index (Phi) is 5.92. The Morgan fingerprint density at radius 2 is 2.04 bits per heavy atom. The molecule has 4 rings (SSSR count). The fraction of sp³-hybridized carbons (Fsp3) is 0.429. The minimum Gasteiger partial charge on any atom is -0.378 e. The maximum absolute atomic E-state index is 12.4. The number of ether oxygens (including phenoxy) is 1. The summed E-state index contributed by atoms with van der Waals surface area (Å²) in [7, 11) is 0. The van der Waals surface area contributed by atoms with Crippen molar-refractivity contribution < 1.29 is 9.53 Å². The van der Waals surface area contributed by atoms with Crippen LogP contribution in [0.15, 0.2) is 36.4 Å². The highest BCUT2D eigenvalue weighted by Crippen LogP contribution is 2.26. The number of amides is 2. The second-order valence-electron chi connectivity index (χ2n) is 7.09. The fourth-order valence-corrected chi connectivity index (χ4v) is 3.64. The number of benzene rings is 1. The quantitative estimate of drug-likeness (QED) is 0.742. The van der Waals surface area contributed by atoms with Crippen molar-refractivity contribution in [1.29, 1.82) is 0 Å². The molecule has 3 N–H and O–H groups in total. The molecule has 2 aliphatic heterocycles.